The van der Waals surface area contributed by atoms with E-state index < -0.39 is 17.1 Å². The number of hydrogen-bond donors (Lipinski definition) is 0. The van der Waals surface area contributed by atoms with Crippen molar-refractivity contribution in [1.29, 1.82) is 0 Å². The molecule has 1 aliphatic heterocycles. The summed E-state index contributed by atoms with van der Waals surface area (Å²) in [7, 11) is 0. The van der Waals surface area contributed by atoms with Gasteiger partial charge in [-0.15, -0.1) is 0 Å². The van der Waals surface area contributed by atoms with Crippen LogP contribution in [0.1, 0.15) is 5.56 Å². The largest absolute Gasteiger partial charge is 0.476 e. The molecule has 1 saturated heterocycles. The molecular weight excluding hydrogens is 490 g/mol. The highest BCUT2D eigenvalue weighted by Gasteiger charge is 2.22. The standard InChI is InChI=1S/C27H23N5O6/c33-24(30-13-15-37-16-14-30)18-38-25-20(9-6-12-23(25)32(35)36)17-28-31-26(19-7-2-1-3-8-19)29-22-11-5-4-10-21(22)27(31)34/h1-12,17H,13-16,18H2. The SMILES string of the molecule is O=C(COc1c(C=Nn2c(-c3ccccc3)nc3ccccc3c2=O)cccc1[N+](=O)[O-])N1CCOCC1. The molecule has 11 nitrogen and oxygen atoms in total. The summed E-state index contributed by atoms with van der Waals surface area (Å²) in [5.74, 6) is -0.123. The Labute approximate surface area is 216 Å². The number of para-hydroxylation sites is 2. The van der Waals surface area contributed by atoms with Gasteiger partial charge in [0.05, 0.1) is 35.3 Å². The molecule has 3 aromatic carbocycles. The number of aromatic nitrogens is 2. The molecule has 0 unspecified atom stereocenters. The van der Waals surface area contributed by atoms with Crippen LogP contribution in [0.25, 0.3) is 22.3 Å². The molecule has 38 heavy (non-hydrogen) atoms. The van der Waals surface area contributed by atoms with E-state index in [0.717, 1.165) is 4.68 Å². The second-order valence-corrected chi connectivity index (χ2v) is 8.41. The lowest BCUT2D eigenvalue weighted by molar-refractivity contribution is -0.385. The topological polar surface area (TPSA) is 129 Å². The summed E-state index contributed by atoms with van der Waals surface area (Å²) in [6.45, 7) is 1.31. The predicted octanol–water partition coefficient (Wildman–Crippen LogP) is 3.09. The van der Waals surface area contributed by atoms with Gasteiger partial charge in [-0.2, -0.15) is 9.78 Å². The van der Waals surface area contributed by atoms with E-state index in [1.807, 2.05) is 30.3 Å². The molecule has 1 fully saturated rings. The fourth-order valence-electron chi connectivity index (χ4n) is 4.11. The molecule has 5 rings (SSSR count). The first kappa shape index (κ1) is 24.8. The third-order valence-electron chi connectivity index (χ3n) is 6.02. The summed E-state index contributed by atoms with van der Waals surface area (Å²) in [5, 5.41) is 16.5. The first-order valence-corrected chi connectivity index (χ1v) is 11.9. The molecule has 1 aliphatic rings. The van der Waals surface area contributed by atoms with Gasteiger partial charge in [0.1, 0.15) is 0 Å². The summed E-state index contributed by atoms with van der Waals surface area (Å²) in [4.78, 5) is 43.4. The number of morpholine rings is 1. The summed E-state index contributed by atoms with van der Waals surface area (Å²) < 4.78 is 12.1. The molecular formula is C27H23N5O6. The van der Waals surface area contributed by atoms with Gasteiger partial charge in [-0.25, -0.2) is 4.98 Å². The van der Waals surface area contributed by atoms with Gasteiger partial charge in [0.25, 0.3) is 11.5 Å². The quantitative estimate of drug-likeness (QED) is 0.211. The highest BCUT2D eigenvalue weighted by atomic mass is 16.6. The third-order valence-corrected chi connectivity index (χ3v) is 6.02. The Kier molecular flexibility index (Phi) is 7.18. The third kappa shape index (κ3) is 5.13. The van der Waals surface area contributed by atoms with Crippen molar-refractivity contribution >= 4 is 28.7 Å². The highest BCUT2D eigenvalue weighted by Crippen LogP contribution is 2.30. The van der Waals surface area contributed by atoms with E-state index >= 15 is 0 Å². The van der Waals surface area contributed by atoms with Gasteiger partial charge in [0, 0.05) is 30.3 Å². The maximum Gasteiger partial charge on any atom is 0.311 e. The van der Waals surface area contributed by atoms with E-state index in [-0.39, 0.29) is 22.9 Å². The average Bonchev–Trinajstić information content (AvgIpc) is 2.96. The van der Waals surface area contributed by atoms with E-state index in [2.05, 4.69) is 10.1 Å². The van der Waals surface area contributed by atoms with Crippen LogP contribution >= 0.6 is 0 Å². The van der Waals surface area contributed by atoms with Crippen LogP contribution in [0.2, 0.25) is 0 Å². The predicted molar refractivity (Wildman–Crippen MR) is 140 cm³/mol. The van der Waals surface area contributed by atoms with Gasteiger partial charge in [-0.05, 0) is 18.2 Å². The summed E-state index contributed by atoms with van der Waals surface area (Å²) in [6.07, 6.45) is 1.30. The minimum Gasteiger partial charge on any atom is -0.476 e. The Hall–Kier alpha value is -4.90. The van der Waals surface area contributed by atoms with Crippen LogP contribution < -0.4 is 10.3 Å². The number of fused-ring (bicyclic) bond motifs is 1. The van der Waals surface area contributed by atoms with Crippen LogP contribution in [-0.2, 0) is 9.53 Å². The van der Waals surface area contributed by atoms with Gasteiger partial charge in [-0.1, -0.05) is 48.5 Å². The summed E-state index contributed by atoms with van der Waals surface area (Å²) in [5.41, 5.74) is 0.688. The van der Waals surface area contributed by atoms with Gasteiger partial charge >= 0.3 is 5.69 Å². The molecule has 11 heteroatoms. The first-order valence-electron chi connectivity index (χ1n) is 11.9. The minimum absolute atomic E-state index is 0.120. The zero-order valence-corrected chi connectivity index (χ0v) is 20.2. The lowest BCUT2D eigenvalue weighted by Gasteiger charge is -2.26. The first-order chi connectivity index (χ1) is 18.5. The molecule has 192 valence electrons. The number of rotatable bonds is 7. The zero-order valence-electron chi connectivity index (χ0n) is 20.2. The molecule has 1 aromatic heterocycles. The Morgan fingerprint density at radius 2 is 1.79 bits per heavy atom. The van der Waals surface area contributed by atoms with Crippen LogP contribution in [0, 0.1) is 10.1 Å². The van der Waals surface area contributed by atoms with Crippen molar-refractivity contribution in [3.63, 3.8) is 0 Å². The van der Waals surface area contributed by atoms with Crippen LogP contribution in [0.3, 0.4) is 0 Å². The number of carbonyl (C=O) groups excluding carboxylic acids is 1. The van der Waals surface area contributed by atoms with E-state index in [1.165, 1.54) is 18.3 Å². The van der Waals surface area contributed by atoms with Crippen molar-refractivity contribution in [3.05, 3.63) is 98.8 Å². The minimum atomic E-state index is -0.592. The Morgan fingerprint density at radius 1 is 1.05 bits per heavy atom. The van der Waals surface area contributed by atoms with Crippen molar-refractivity contribution in [2.75, 3.05) is 32.9 Å². The van der Waals surface area contributed by atoms with Crippen LogP contribution in [0.5, 0.6) is 5.75 Å². The molecule has 0 aliphatic carbocycles. The monoisotopic (exact) mass is 513 g/mol. The van der Waals surface area contributed by atoms with Gasteiger partial charge in [0.2, 0.25) is 5.75 Å². The summed E-state index contributed by atoms with van der Waals surface area (Å²) >= 11 is 0. The maximum absolute atomic E-state index is 13.4. The lowest BCUT2D eigenvalue weighted by Crippen LogP contribution is -2.43. The van der Waals surface area contributed by atoms with Gasteiger partial charge in [-0.3, -0.25) is 19.7 Å². The van der Waals surface area contributed by atoms with Gasteiger partial charge in [0.15, 0.2) is 12.4 Å². The molecule has 1 amide bonds. The van der Waals surface area contributed by atoms with Crippen LogP contribution in [0.15, 0.2) is 82.7 Å². The van der Waals surface area contributed by atoms with E-state index in [9.17, 15) is 19.7 Å². The van der Waals surface area contributed by atoms with Crippen LogP contribution in [0.4, 0.5) is 5.69 Å². The number of nitro groups is 1. The molecule has 0 saturated carbocycles. The second kappa shape index (κ2) is 11.0. The van der Waals surface area contributed by atoms with E-state index in [0.29, 0.717) is 48.6 Å². The molecule has 4 aromatic rings. The average molecular weight is 514 g/mol. The number of amides is 1. The fraction of sp³-hybridized carbons (Fsp3) is 0.185. The van der Waals surface area contributed by atoms with Gasteiger partial charge < -0.3 is 14.4 Å². The number of hydrogen-bond acceptors (Lipinski definition) is 8. The van der Waals surface area contributed by atoms with Crippen molar-refractivity contribution < 1.29 is 19.2 Å². The van der Waals surface area contributed by atoms with Crippen molar-refractivity contribution in [2.24, 2.45) is 5.10 Å². The molecule has 0 atom stereocenters. The Morgan fingerprint density at radius 3 is 2.55 bits per heavy atom. The lowest BCUT2D eigenvalue weighted by atomic mass is 10.2. The molecule has 0 radical (unpaired) electrons. The van der Waals surface area contributed by atoms with Crippen molar-refractivity contribution in [3.8, 4) is 17.1 Å². The Balaban J connectivity index is 1.55. The second-order valence-electron chi connectivity index (χ2n) is 8.41. The van der Waals surface area contributed by atoms with E-state index in [4.69, 9.17) is 9.47 Å². The number of benzene rings is 3. The highest BCUT2D eigenvalue weighted by molar-refractivity contribution is 5.87. The number of nitro benzene ring substituents is 1. The van der Waals surface area contributed by atoms with E-state index in [1.54, 1.807) is 35.2 Å². The maximum atomic E-state index is 13.4. The zero-order chi connectivity index (χ0) is 26.5. The number of nitrogens with zero attached hydrogens (tertiary/aromatic N) is 5. The van der Waals surface area contributed by atoms with Crippen molar-refractivity contribution in [2.45, 2.75) is 0 Å². The molecule has 0 bridgehead atoms. The fourth-order valence-corrected chi connectivity index (χ4v) is 4.11. The Bertz CT molecular complexity index is 1580. The van der Waals surface area contributed by atoms with Crippen LogP contribution in [-0.4, -0.2) is 64.5 Å². The normalized spacial score (nSPS) is 13.6. The number of ether oxygens (including phenoxy) is 2. The number of carbonyl (C=O) groups is 1. The summed E-state index contributed by atoms with van der Waals surface area (Å²) in [6, 6.07) is 20.4. The molecule has 2 heterocycles. The molecule has 0 spiro atoms. The molecule has 0 N–H and O–H groups in total. The smallest absolute Gasteiger partial charge is 0.311 e. The van der Waals surface area contributed by atoms with Crippen molar-refractivity contribution in [1.82, 2.24) is 14.6 Å².